The first-order chi connectivity index (χ1) is 6.20. The quantitative estimate of drug-likeness (QED) is 0.748. The van der Waals surface area contributed by atoms with Crippen LogP contribution >= 0.6 is 12.4 Å². The average Bonchev–Trinajstić information content (AvgIpc) is 2.08. The molecule has 0 radical (unpaired) electrons. The lowest BCUT2D eigenvalue weighted by atomic mass is 9.87. The van der Waals surface area contributed by atoms with Crippen molar-refractivity contribution in [2.75, 3.05) is 13.1 Å². The van der Waals surface area contributed by atoms with Crippen LogP contribution in [-0.2, 0) is 0 Å². The predicted molar refractivity (Wildman–Crippen MR) is 64.6 cm³/mol. The second kappa shape index (κ2) is 7.24. The van der Waals surface area contributed by atoms with Gasteiger partial charge >= 0.3 is 0 Å². The number of hydrogen-bond acceptors (Lipinski definition) is 2. The van der Waals surface area contributed by atoms with Crippen LogP contribution in [0.3, 0.4) is 0 Å². The van der Waals surface area contributed by atoms with Gasteiger partial charge in [-0.15, -0.1) is 12.4 Å². The smallest absolute Gasteiger partial charge is 0.0133 e. The lowest BCUT2D eigenvalue weighted by molar-refractivity contribution is 0.462. The van der Waals surface area contributed by atoms with E-state index in [4.69, 9.17) is 5.41 Å². The van der Waals surface area contributed by atoms with E-state index in [0.717, 1.165) is 31.1 Å². The van der Waals surface area contributed by atoms with E-state index in [1.54, 1.807) is 0 Å². The normalized spacial score (nSPS) is 22.2. The average molecular weight is 219 g/mol. The molecule has 0 spiro atoms. The van der Waals surface area contributed by atoms with Gasteiger partial charge in [-0.2, -0.15) is 0 Å². The summed E-state index contributed by atoms with van der Waals surface area (Å²) in [6, 6.07) is 0. The van der Waals surface area contributed by atoms with Crippen LogP contribution in [0.5, 0.6) is 0 Å². The van der Waals surface area contributed by atoms with Crippen molar-refractivity contribution < 1.29 is 0 Å². The van der Waals surface area contributed by atoms with E-state index < -0.39 is 0 Å². The van der Waals surface area contributed by atoms with Crippen molar-refractivity contribution in [3.63, 3.8) is 0 Å². The highest BCUT2D eigenvalue weighted by molar-refractivity contribution is 5.85. The van der Waals surface area contributed by atoms with Gasteiger partial charge in [0.05, 0.1) is 0 Å². The summed E-state index contributed by atoms with van der Waals surface area (Å²) < 4.78 is 0. The molecule has 0 bridgehead atoms. The Balaban J connectivity index is 0.00000169. The summed E-state index contributed by atoms with van der Waals surface area (Å²) >= 11 is 0. The van der Waals surface area contributed by atoms with Gasteiger partial charge in [-0.1, -0.05) is 20.3 Å². The van der Waals surface area contributed by atoms with Gasteiger partial charge in [0.2, 0.25) is 0 Å². The van der Waals surface area contributed by atoms with Crippen LogP contribution in [0.1, 0.15) is 39.5 Å². The molecule has 1 atom stereocenters. The van der Waals surface area contributed by atoms with Crippen LogP contribution in [0.4, 0.5) is 0 Å². The Morgan fingerprint density at radius 1 is 1.43 bits per heavy atom. The molecule has 1 fully saturated rings. The van der Waals surface area contributed by atoms with Gasteiger partial charge < -0.3 is 10.7 Å². The highest BCUT2D eigenvalue weighted by Crippen LogP contribution is 2.19. The summed E-state index contributed by atoms with van der Waals surface area (Å²) in [5.74, 6) is 1.25. The molecule has 3 heteroatoms. The fourth-order valence-corrected chi connectivity index (χ4v) is 1.86. The second-order valence-electron chi connectivity index (χ2n) is 4.52. The van der Waals surface area contributed by atoms with E-state index in [1.807, 2.05) is 0 Å². The van der Waals surface area contributed by atoms with Crippen molar-refractivity contribution >= 4 is 18.1 Å². The molecule has 14 heavy (non-hydrogen) atoms. The molecule has 0 heterocycles. The summed E-state index contributed by atoms with van der Waals surface area (Å²) in [5, 5.41) is 11.2. The number of nitrogens with one attached hydrogen (secondary N) is 2. The van der Waals surface area contributed by atoms with Crippen LogP contribution in [0.15, 0.2) is 0 Å². The van der Waals surface area contributed by atoms with Crippen molar-refractivity contribution in [1.29, 1.82) is 5.41 Å². The summed E-state index contributed by atoms with van der Waals surface area (Å²) in [4.78, 5) is 0. The molecular formula is C11H23ClN2. The molecule has 84 valence electrons. The second-order valence-corrected chi connectivity index (χ2v) is 4.52. The molecule has 1 aliphatic rings. The van der Waals surface area contributed by atoms with E-state index in [9.17, 15) is 0 Å². The largest absolute Gasteiger partial charge is 0.316 e. The Hall–Kier alpha value is -0.0800. The van der Waals surface area contributed by atoms with E-state index in [0.29, 0.717) is 5.92 Å². The first kappa shape index (κ1) is 13.9. The lowest BCUT2D eigenvalue weighted by Gasteiger charge is -2.23. The van der Waals surface area contributed by atoms with Crippen LogP contribution < -0.4 is 5.32 Å². The third-order valence-corrected chi connectivity index (χ3v) is 2.68. The van der Waals surface area contributed by atoms with Gasteiger partial charge in [0.15, 0.2) is 0 Å². The van der Waals surface area contributed by atoms with Gasteiger partial charge in [-0.3, -0.25) is 0 Å². The number of halogens is 1. The van der Waals surface area contributed by atoms with Crippen molar-refractivity contribution in [2.24, 2.45) is 11.8 Å². The molecule has 0 aromatic heterocycles. The van der Waals surface area contributed by atoms with Gasteiger partial charge in [-0.25, -0.2) is 0 Å². The molecule has 2 nitrogen and oxygen atoms in total. The maximum atomic E-state index is 7.79. The van der Waals surface area contributed by atoms with Crippen LogP contribution in [0.25, 0.3) is 0 Å². The zero-order valence-electron chi connectivity index (χ0n) is 9.31. The Bertz CT molecular complexity index is 169. The van der Waals surface area contributed by atoms with Crippen molar-refractivity contribution in [3.8, 4) is 0 Å². The zero-order valence-corrected chi connectivity index (χ0v) is 10.1. The maximum absolute atomic E-state index is 7.79. The lowest BCUT2D eigenvalue weighted by Crippen LogP contribution is -2.32. The molecule has 0 amide bonds. The Morgan fingerprint density at radius 2 is 2.14 bits per heavy atom. The third-order valence-electron chi connectivity index (χ3n) is 2.68. The van der Waals surface area contributed by atoms with Crippen molar-refractivity contribution in [3.05, 3.63) is 0 Å². The molecule has 0 aliphatic heterocycles. The van der Waals surface area contributed by atoms with E-state index >= 15 is 0 Å². The van der Waals surface area contributed by atoms with Crippen LogP contribution in [0.2, 0.25) is 0 Å². The van der Waals surface area contributed by atoms with E-state index in [1.165, 1.54) is 19.3 Å². The molecule has 0 aromatic rings. The first-order valence-electron chi connectivity index (χ1n) is 5.48. The minimum atomic E-state index is 0. The highest BCUT2D eigenvalue weighted by Gasteiger charge is 2.18. The molecule has 1 rings (SSSR count). The molecular weight excluding hydrogens is 196 g/mol. The topological polar surface area (TPSA) is 35.9 Å². The zero-order chi connectivity index (χ0) is 9.68. The van der Waals surface area contributed by atoms with Crippen molar-refractivity contribution in [2.45, 2.75) is 39.5 Å². The molecule has 2 N–H and O–H groups in total. The maximum Gasteiger partial charge on any atom is 0.0133 e. The summed E-state index contributed by atoms with van der Waals surface area (Å²) in [6.45, 7) is 6.55. The fraction of sp³-hybridized carbons (Fsp3) is 0.909. The van der Waals surface area contributed by atoms with Gasteiger partial charge in [0.1, 0.15) is 0 Å². The third kappa shape index (κ3) is 4.97. The molecule has 1 saturated carbocycles. The summed E-state index contributed by atoms with van der Waals surface area (Å²) in [6.07, 6.45) is 4.81. The summed E-state index contributed by atoms with van der Waals surface area (Å²) in [5.41, 5.74) is 0.975. The minimum absolute atomic E-state index is 0. The molecule has 1 unspecified atom stereocenters. The van der Waals surface area contributed by atoms with Gasteiger partial charge in [0, 0.05) is 18.2 Å². The monoisotopic (exact) mass is 218 g/mol. The first-order valence-corrected chi connectivity index (χ1v) is 5.48. The molecule has 0 saturated heterocycles. The Labute approximate surface area is 93.8 Å². The van der Waals surface area contributed by atoms with E-state index in [2.05, 4.69) is 19.2 Å². The number of rotatable bonds is 4. The fourth-order valence-electron chi connectivity index (χ4n) is 1.86. The van der Waals surface area contributed by atoms with E-state index in [-0.39, 0.29) is 12.4 Å². The van der Waals surface area contributed by atoms with Crippen molar-refractivity contribution in [1.82, 2.24) is 5.32 Å². The SMILES string of the molecule is CC(C)CNCC1CCCCC1=N.Cl. The highest BCUT2D eigenvalue weighted by atomic mass is 35.5. The van der Waals surface area contributed by atoms with Crippen LogP contribution in [0, 0.1) is 17.2 Å². The Kier molecular flexibility index (Phi) is 7.20. The van der Waals surface area contributed by atoms with Crippen LogP contribution in [-0.4, -0.2) is 18.8 Å². The van der Waals surface area contributed by atoms with Gasteiger partial charge in [0.25, 0.3) is 0 Å². The standard InChI is InChI=1S/C11H22N2.ClH/c1-9(2)7-13-8-10-5-3-4-6-11(10)12;/h9-10,12-13H,3-8H2,1-2H3;1H. The predicted octanol–water partition coefficient (Wildman–Crippen LogP) is 2.86. The Morgan fingerprint density at radius 3 is 2.71 bits per heavy atom. The minimum Gasteiger partial charge on any atom is -0.316 e. The summed E-state index contributed by atoms with van der Waals surface area (Å²) in [7, 11) is 0. The van der Waals surface area contributed by atoms with Gasteiger partial charge in [-0.05, 0) is 31.7 Å². The molecule has 1 aliphatic carbocycles. The molecule has 0 aromatic carbocycles. The number of hydrogen-bond donors (Lipinski definition) is 2.